The van der Waals surface area contributed by atoms with Crippen molar-refractivity contribution in [2.75, 3.05) is 23.7 Å². The third-order valence-electron chi connectivity index (χ3n) is 6.39. The van der Waals surface area contributed by atoms with Crippen LogP contribution in [0.15, 0.2) is 24.3 Å². The maximum atomic E-state index is 12.4. The lowest BCUT2D eigenvalue weighted by Gasteiger charge is -2.15. The van der Waals surface area contributed by atoms with Crippen LogP contribution in [0.1, 0.15) is 81.7 Å². The third-order valence-corrected chi connectivity index (χ3v) is 6.71. The van der Waals surface area contributed by atoms with E-state index in [2.05, 4.69) is 32.8 Å². The van der Waals surface area contributed by atoms with Crippen LogP contribution in [0.3, 0.4) is 0 Å². The molecule has 0 saturated heterocycles. The van der Waals surface area contributed by atoms with Gasteiger partial charge in [-0.3, -0.25) is 9.59 Å². The Kier molecular flexibility index (Phi) is 11.3. The molecule has 196 valence electrons. The fourth-order valence-corrected chi connectivity index (χ4v) is 4.68. The van der Waals surface area contributed by atoms with Crippen LogP contribution in [0.25, 0.3) is 0 Å². The summed E-state index contributed by atoms with van der Waals surface area (Å²) in [5.41, 5.74) is 2.36. The predicted octanol–water partition coefficient (Wildman–Crippen LogP) is 5.20. The summed E-state index contributed by atoms with van der Waals surface area (Å²) in [4.78, 5) is 32.6. The van der Waals surface area contributed by atoms with E-state index in [0.717, 1.165) is 49.9 Å². The van der Waals surface area contributed by atoms with Gasteiger partial charge in [0.2, 0.25) is 5.91 Å². The zero-order valence-electron chi connectivity index (χ0n) is 21.1. The Morgan fingerprint density at radius 1 is 1.03 bits per heavy atom. The van der Waals surface area contributed by atoms with E-state index < -0.39 is 5.97 Å². The van der Waals surface area contributed by atoms with Crippen molar-refractivity contribution in [3.05, 3.63) is 46.4 Å². The second-order valence-corrected chi connectivity index (χ2v) is 9.80. The minimum absolute atomic E-state index is 0.00525. The highest BCUT2D eigenvalue weighted by Crippen LogP contribution is 2.24. The van der Waals surface area contributed by atoms with E-state index >= 15 is 0 Å². The molecule has 36 heavy (non-hydrogen) atoms. The van der Waals surface area contributed by atoms with E-state index in [0.29, 0.717) is 12.2 Å². The Morgan fingerprint density at radius 2 is 1.75 bits per heavy atom. The summed E-state index contributed by atoms with van der Waals surface area (Å²) >= 11 is 6.36. The average molecular weight is 516 g/mol. The molecule has 0 spiro atoms. The van der Waals surface area contributed by atoms with Gasteiger partial charge in [-0.2, -0.15) is 0 Å². The Balaban J connectivity index is 1.60. The molecule has 1 amide bonds. The summed E-state index contributed by atoms with van der Waals surface area (Å²) in [6.45, 7) is 3.17. The first kappa shape index (κ1) is 27.7. The first-order valence-corrected chi connectivity index (χ1v) is 13.5. The van der Waals surface area contributed by atoms with Gasteiger partial charge in [0.05, 0.1) is 13.0 Å². The van der Waals surface area contributed by atoms with Crippen molar-refractivity contribution >= 4 is 35.0 Å². The van der Waals surface area contributed by atoms with Crippen LogP contribution in [0.4, 0.5) is 11.5 Å². The van der Waals surface area contributed by atoms with E-state index in [1.165, 1.54) is 25.7 Å². The summed E-state index contributed by atoms with van der Waals surface area (Å²) in [5, 5.41) is 18.8. The molecule has 0 radical (unpaired) electrons. The second kappa shape index (κ2) is 14.6. The molecule has 1 aromatic heterocycles. The molecule has 8 nitrogen and oxygen atoms in total. The number of aromatic nitrogens is 2. The van der Waals surface area contributed by atoms with Crippen molar-refractivity contribution in [3.63, 3.8) is 0 Å². The van der Waals surface area contributed by atoms with Gasteiger partial charge in [-0.25, -0.2) is 9.97 Å². The highest BCUT2D eigenvalue weighted by molar-refractivity contribution is 6.30. The first-order chi connectivity index (χ1) is 17.4. The van der Waals surface area contributed by atoms with Crippen LogP contribution < -0.4 is 16.0 Å². The van der Waals surface area contributed by atoms with Crippen molar-refractivity contribution in [2.24, 2.45) is 0 Å². The molecule has 3 rings (SSSR count). The smallest absolute Gasteiger partial charge is 0.308 e. The fraction of sp³-hybridized carbons (Fsp3) is 0.556. The number of nitrogens with one attached hydrogen (secondary N) is 3. The van der Waals surface area contributed by atoms with Crippen LogP contribution in [-0.2, 0) is 22.4 Å². The van der Waals surface area contributed by atoms with Gasteiger partial charge in [0.25, 0.3) is 0 Å². The number of carbonyl (C=O) groups is 2. The molecule has 2 aromatic rings. The maximum absolute atomic E-state index is 12.4. The fourth-order valence-electron chi connectivity index (χ4n) is 4.43. The van der Waals surface area contributed by atoms with Crippen molar-refractivity contribution in [1.82, 2.24) is 15.3 Å². The zero-order valence-corrected chi connectivity index (χ0v) is 21.9. The summed E-state index contributed by atoms with van der Waals surface area (Å²) < 4.78 is 0. The summed E-state index contributed by atoms with van der Waals surface area (Å²) in [5.74, 6) is -0.437. The molecular formula is C27H38ClN5O3. The molecule has 1 aliphatic carbocycles. The normalized spacial score (nSPS) is 13.5. The standard InChI is InChI=1S/C27H38ClN5O3/c1-2-3-4-5-8-15-29-20-13-11-19(12-14-20)16-23-32-26(28)22(17-25(35)36)27(33-23)30-18-24(34)31-21-9-6-7-10-21/h11-14,21,29H,2-10,15-18H2,1H3,(H,31,34)(H,35,36)(H,30,32,33). The van der Waals surface area contributed by atoms with E-state index in [9.17, 15) is 14.7 Å². The Morgan fingerprint density at radius 3 is 2.44 bits per heavy atom. The SMILES string of the molecule is CCCCCCCNc1ccc(Cc2nc(Cl)c(CC(=O)O)c(NCC(=O)NC3CCCC3)n2)cc1. The van der Waals surface area contributed by atoms with Gasteiger partial charge in [0.15, 0.2) is 0 Å². The predicted molar refractivity (Wildman–Crippen MR) is 144 cm³/mol. The van der Waals surface area contributed by atoms with Crippen molar-refractivity contribution in [1.29, 1.82) is 0 Å². The number of carboxylic acids is 1. The third kappa shape index (κ3) is 9.30. The van der Waals surface area contributed by atoms with E-state index in [1.54, 1.807) is 0 Å². The molecule has 1 aliphatic rings. The minimum atomic E-state index is -1.04. The maximum Gasteiger partial charge on any atom is 0.308 e. The molecule has 9 heteroatoms. The lowest BCUT2D eigenvalue weighted by molar-refractivity contribution is -0.136. The summed E-state index contributed by atoms with van der Waals surface area (Å²) in [7, 11) is 0. The number of rotatable bonds is 15. The lowest BCUT2D eigenvalue weighted by atomic mass is 10.1. The largest absolute Gasteiger partial charge is 0.481 e. The topological polar surface area (TPSA) is 116 Å². The van der Waals surface area contributed by atoms with E-state index in [4.69, 9.17) is 11.6 Å². The van der Waals surface area contributed by atoms with Crippen LogP contribution in [0.2, 0.25) is 5.15 Å². The van der Waals surface area contributed by atoms with Gasteiger partial charge in [0, 0.05) is 30.3 Å². The highest BCUT2D eigenvalue weighted by atomic mass is 35.5. The number of carbonyl (C=O) groups excluding carboxylic acids is 1. The molecule has 0 aliphatic heterocycles. The van der Waals surface area contributed by atoms with Crippen molar-refractivity contribution in [3.8, 4) is 0 Å². The average Bonchev–Trinajstić information content (AvgIpc) is 3.35. The molecule has 1 fully saturated rings. The Labute approximate surface area is 218 Å². The highest BCUT2D eigenvalue weighted by Gasteiger charge is 2.19. The monoisotopic (exact) mass is 515 g/mol. The Bertz CT molecular complexity index is 994. The quantitative estimate of drug-likeness (QED) is 0.190. The number of amides is 1. The molecule has 1 heterocycles. The summed E-state index contributed by atoms with van der Waals surface area (Å²) in [6.07, 6.45) is 10.6. The number of nitrogens with zero attached hydrogens (tertiary/aromatic N) is 2. The van der Waals surface area contributed by atoms with Crippen LogP contribution in [0, 0.1) is 0 Å². The number of aliphatic carboxylic acids is 1. The number of hydrogen-bond donors (Lipinski definition) is 4. The molecule has 1 saturated carbocycles. The number of benzene rings is 1. The Hall–Kier alpha value is -2.87. The van der Waals surface area contributed by atoms with Crippen molar-refractivity contribution < 1.29 is 14.7 Å². The number of halogens is 1. The van der Waals surface area contributed by atoms with E-state index in [-0.39, 0.29) is 41.4 Å². The lowest BCUT2D eigenvalue weighted by Crippen LogP contribution is -2.37. The number of hydrogen-bond acceptors (Lipinski definition) is 6. The van der Waals surface area contributed by atoms with Gasteiger partial charge in [-0.15, -0.1) is 0 Å². The van der Waals surface area contributed by atoms with Crippen LogP contribution in [-0.4, -0.2) is 46.1 Å². The van der Waals surface area contributed by atoms with Gasteiger partial charge >= 0.3 is 5.97 Å². The van der Waals surface area contributed by atoms with E-state index in [1.807, 2.05) is 24.3 Å². The molecule has 4 N–H and O–H groups in total. The van der Waals surface area contributed by atoms with Crippen molar-refractivity contribution in [2.45, 2.75) is 83.6 Å². The molecule has 0 unspecified atom stereocenters. The zero-order chi connectivity index (χ0) is 25.8. The molecule has 0 bridgehead atoms. The molecule has 1 aromatic carbocycles. The first-order valence-electron chi connectivity index (χ1n) is 13.1. The van der Waals surface area contributed by atoms with Crippen LogP contribution in [0.5, 0.6) is 0 Å². The van der Waals surface area contributed by atoms with Gasteiger partial charge in [-0.1, -0.05) is 69.2 Å². The number of carboxylic acid groups (broad SMARTS) is 1. The number of anilines is 2. The minimum Gasteiger partial charge on any atom is -0.481 e. The molecule has 0 atom stereocenters. The van der Waals surface area contributed by atoms with Gasteiger partial charge in [-0.05, 0) is 37.0 Å². The second-order valence-electron chi connectivity index (χ2n) is 9.45. The molecular weight excluding hydrogens is 478 g/mol. The van der Waals surface area contributed by atoms with Crippen LogP contribution >= 0.6 is 11.6 Å². The number of unbranched alkanes of at least 4 members (excludes halogenated alkanes) is 4. The summed E-state index contributed by atoms with van der Waals surface area (Å²) in [6, 6.07) is 8.32. The van der Waals surface area contributed by atoms with Gasteiger partial charge in [0.1, 0.15) is 16.8 Å². The van der Waals surface area contributed by atoms with Gasteiger partial charge < -0.3 is 21.1 Å².